The average molecular weight is 448 g/mol. The molecule has 1 aromatic heterocycles. The Bertz CT molecular complexity index is 805. The molecule has 0 aliphatic carbocycles. The molecule has 0 saturated carbocycles. The molecule has 1 aliphatic heterocycles. The topological polar surface area (TPSA) is 86.8 Å². The zero-order chi connectivity index (χ0) is 19.9. The van der Waals surface area contributed by atoms with E-state index in [1.807, 2.05) is 17.0 Å². The molecule has 9 heteroatoms. The molecule has 3 rings (SSSR count). The first-order valence-corrected chi connectivity index (χ1v) is 9.66. The van der Waals surface area contributed by atoms with E-state index in [9.17, 15) is 9.59 Å². The summed E-state index contributed by atoms with van der Waals surface area (Å²) in [7, 11) is 1.57. The van der Waals surface area contributed by atoms with Crippen LogP contribution in [0.3, 0.4) is 0 Å². The smallest absolute Gasteiger partial charge is 0.325 e. The van der Waals surface area contributed by atoms with E-state index in [1.165, 1.54) is 0 Å². The maximum absolute atomic E-state index is 12.1. The van der Waals surface area contributed by atoms with Gasteiger partial charge in [-0.1, -0.05) is 0 Å². The molecular weight excluding hydrogens is 426 g/mol. The van der Waals surface area contributed by atoms with Crippen LogP contribution in [0.25, 0.3) is 0 Å². The number of rotatable bonds is 5. The van der Waals surface area contributed by atoms with Crippen LogP contribution in [-0.2, 0) is 4.79 Å². The van der Waals surface area contributed by atoms with E-state index in [0.29, 0.717) is 11.4 Å². The molecule has 3 amide bonds. The predicted molar refractivity (Wildman–Crippen MR) is 111 cm³/mol. The Kier molecular flexibility index (Phi) is 6.83. The molecule has 1 aliphatic rings. The summed E-state index contributed by atoms with van der Waals surface area (Å²) in [6.07, 6.45) is 1.77. The highest BCUT2D eigenvalue weighted by molar-refractivity contribution is 9.10. The van der Waals surface area contributed by atoms with Crippen molar-refractivity contribution < 1.29 is 14.3 Å². The number of methoxy groups -OCH3 is 1. The Balaban J connectivity index is 1.41. The number of pyridine rings is 1. The summed E-state index contributed by atoms with van der Waals surface area (Å²) < 4.78 is 6.01. The van der Waals surface area contributed by atoms with E-state index in [2.05, 4.69) is 36.4 Å². The van der Waals surface area contributed by atoms with Crippen molar-refractivity contribution in [3.05, 3.63) is 47.1 Å². The minimum atomic E-state index is -0.548. The second-order valence-electron chi connectivity index (χ2n) is 6.33. The zero-order valence-electron chi connectivity index (χ0n) is 15.5. The molecule has 1 saturated heterocycles. The number of ether oxygens (including phenoxy) is 1. The Labute approximate surface area is 172 Å². The summed E-state index contributed by atoms with van der Waals surface area (Å²) in [6.45, 7) is 3.19. The molecule has 2 aromatic rings. The Morgan fingerprint density at radius 3 is 2.43 bits per heavy atom. The van der Waals surface area contributed by atoms with Crippen molar-refractivity contribution >= 4 is 39.4 Å². The Morgan fingerprint density at radius 1 is 1.11 bits per heavy atom. The number of nitrogens with zero attached hydrogens (tertiary/aromatic N) is 3. The Morgan fingerprint density at radius 2 is 1.82 bits per heavy atom. The number of halogens is 1. The molecule has 0 unspecified atom stereocenters. The number of aromatic nitrogens is 1. The summed E-state index contributed by atoms with van der Waals surface area (Å²) in [6, 6.07) is 10.3. The molecule has 2 heterocycles. The van der Waals surface area contributed by atoms with Gasteiger partial charge in [0.05, 0.1) is 13.7 Å². The van der Waals surface area contributed by atoms with E-state index in [1.54, 1.807) is 37.6 Å². The molecule has 28 heavy (non-hydrogen) atoms. The van der Waals surface area contributed by atoms with Crippen molar-refractivity contribution in [2.24, 2.45) is 0 Å². The highest BCUT2D eigenvalue weighted by Crippen LogP contribution is 2.17. The molecule has 8 nitrogen and oxygen atoms in total. The number of carbonyl (C=O) groups is 2. The van der Waals surface area contributed by atoms with Gasteiger partial charge in [-0.25, -0.2) is 9.78 Å². The molecular formula is C19H22BrN5O3. The van der Waals surface area contributed by atoms with Crippen LogP contribution in [0.15, 0.2) is 47.1 Å². The number of hydrogen-bond donors (Lipinski definition) is 2. The number of urea groups is 1. The van der Waals surface area contributed by atoms with Gasteiger partial charge in [0.1, 0.15) is 11.6 Å². The molecule has 1 aromatic carbocycles. The maximum Gasteiger partial charge on any atom is 0.325 e. The van der Waals surface area contributed by atoms with Gasteiger partial charge in [0.2, 0.25) is 5.91 Å². The molecule has 0 radical (unpaired) electrons. The normalized spacial score (nSPS) is 14.4. The van der Waals surface area contributed by atoms with Crippen molar-refractivity contribution in [1.82, 2.24) is 15.2 Å². The standard InChI is InChI=1S/C19H22BrN5O3/c1-28-16-5-3-15(4-6-16)22-19(27)23-18(26)13-24-8-10-25(11-9-24)17-7-2-14(20)12-21-17/h2-7,12H,8-11,13H2,1H3,(H2,22,23,26,27). The predicted octanol–water partition coefficient (Wildman–Crippen LogP) is 2.32. The number of amides is 3. The third kappa shape index (κ3) is 5.67. The van der Waals surface area contributed by atoms with Gasteiger partial charge >= 0.3 is 6.03 Å². The number of carbonyl (C=O) groups excluding carboxylic acids is 2. The molecule has 148 valence electrons. The van der Waals surface area contributed by atoms with Crippen LogP contribution in [0.1, 0.15) is 0 Å². The van der Waals surface area contributed by atoms with Crippen LogP contribution in [0.4, 0.5) is 16.3 Å². The van der Waals surface area contributed by atoms with Crippen LogP contribution in [0, 0.1) is 0 Å². The van der Waals surface area contributed by atoms with Gasteiger partial charge in [-0.15, -0.1) is 0 Å². The summed E-state index contributed by atoms with van der Waals surface area (Å²) in [5.41, 5.74) is 0.585. The number of hydrogen-bond acceptors (Lipinski definition) is 6. The van der Waals surface area contributed by atoms with E-state index in [4.69, 9.17) is 4.74 Å². The molecule has 1 fully saturated rings. The lowest BCUT2D eigenvalue weighted by Gasteiger charge is -2.34. The fourth-order valence-electron chi connectivity index (χ4n) is 2.90. The van der Waals surface area contributed by atoms with Gasteiger partial charge in [0, 0.05) is 42.5 Å². The first kappa shape index (κ1) is 20.1. The van der Waals surface area contributed by atoms with Crippen LogP contribution in [0.5, 0.6) is 5.75 Å². The van der Waals surface area contributed by atoms with Gasteiger partial charge in [-0.3, -0.25) is 15.0 Å². The van der Waals surface area contributed by atoms with Crippen LogP contribution >= 0.6 is 15.9 Å². The van der Waals surface area contributed by atoms with Gasteiger partial charge in [-0.2, -0.15) is 0 Å². The average Bonchev–Trinajstić information content (AvgIpc) is 2.69. The minimum Gasteiger partial charge on any atom is -0.497 e. The summed E-state index contributed by atoms with van der Waals surface area (Å²) in [4.78, 5) is 32.7. The van der Waals surface area contributed by atoms with Crippen LogP contribution in [-0.4, -0.2) is 61.7 Å². The number of imide groups is 1. The monoisotopic (exact) mass is 447 g/mol. The van der Waals surface area contributed by atoms with Crippen molar-refractivity contribution in [2.75, 3.05) is 50.1 Å². The first-order chi connectivity index (χ1) is 13.5. The van der Waals surface area contributed by atoms with E-state index < -0.39 is 6.03 Å². The third-order valence-corrected chi connectivity index (χ3v) is 4.85. The fraction of sp³-hybridized carbons (Fsp3) is 0.316. The number of piperazine rings is 1. The second kappa shape index (κ2) is 9.52. The molecule has 2 N–H and O–H groups in total. The minimum absolute atomic E-state index is 0.178. The summed E-state index contributed by atoms with van der Waals surface area (Å²) in [5, 5.41) is 4.99. The van der Waals surface area contributed by atoms with Crippen molar-refractivity contribution in [3.8, 4) is 5.75 Å². The highest BCUT2D eigenvalue weighted by atomic mass is 79.9. The van der Waals surface area contributed by atoms with Crippen LogP contribution < -0.4 is 20.3 Å². The number of nitrogens with one attached hydrogen (secondary N) is 2. The largest absolute Gasteiger partial charge is 0.497 e. The second-order valence-corrected chi connectivity index (χ2v) is 7.24. The first-order valence-electron chi connectivity index (χ1n) is 8.87. The van der Waals surface area contributed by atoms with E-state index in [0.717, 1.165) is 36.5 Å². The van der Waals surface area contributed by atoms with Gasteiger partial charge in [0.25, 0.3) is 0 Å². The van der Waals surface area contributed by atoms with Gasteiger partial charge < -0.3 is 15.0 Å². The summed E-state index contributed by atoms with van der Waals surface area (Å²) in [5.74, 6) is 1.28. The van der Waals surface area contributed by atoms with Gasteiger partial charge in [-0.05, 0) is 52.3 Å². The molecule has 0 bridgehead atoms. The quantitative estimate of drug-likeness (QED) is 0.731. The van der Waals surface area contributed by atoms with Crippen molar-refractivity contribution in [1.29, 1.82) is 0 Å². The molecule has 0 spiro atoms. The zero-order valence-corrected chi connectivity index (χ0v) is 17.1. The molecule has 0 atom stereocenters. The summed E-state index contributed by atoms with van der Waals surface area (Å²) >= 11 is 3.38. The van der Waals surface area contributed by atoms with Gasteiger partial charge in [0.15, 0.2) is 0 Å². The third-order valence-electron chi connectivity index (χ3n) is 4.38. The highest BCUT2D eigenvalue weighted by Gasteiger charge is 2.20. The van der Waals surface area contributed by atoms with E-state index >= 15 is 0 Å². The van der Waals surface area contributed by atoms with Crippen molar-refractivity contribution in [3.63, 3.8) is 0 Å². The Hall–Kier alpha value is -2.65. The number of anilines is 2. The van der Waals surface area contributed by atoms with E-state index in [-0.39, 0.29) is 12.5 Å². The number of benzene rings is 1. The SMILES string of the molecule is COc1ccc(NC(=O)NC(=O)CN2CCN(c3ccc(Br)cn3)CC2)cc1. The fourth-order valence-corrected chi connectivity index (χ4v) is 3.13. The van der Waals surface area contributed by atoms with Crippen LogP contribution in [0.2, 0.25) is 0 Å². The van der Waals surface area contributed by atoms with Crippen molar-refractivity contribution in [2.45, 2.75) is 0 Å². The lowest BCUT2D eigenvalue weighted by atomic mass is 10.3. The maximum atomic E-state index is 12.1. The lowest BCUT2D eigenvalue weighted by molar-refractivity contribution is -0.121. The lowest BCUT2D eigenvalue weighted by Crippen LogP contribution is -2.50.